The molecule has 110 valence electrons. The lowest BCUT2D eigenvalue weighted by Crippen LogP contribution is -2.14. The predicted molar refractivity (Wildman–Crippen MR) is 66.2 cm³/mol. The molecule has 7 nitrogen and oxygen atoms in total. The molecule has 1 aromatic heterocycles. The van der Waals surface area contributed by atoms with E-state index in [1.807, 2.05) is 4.98 Å². The van der Waals surface area contributed by atoms with Crippen LogP contribution in [0.15, 0.2) is 35.4 Å². The fraction of sp³-hybridized carbons (Fsp3) is 0.0909. The first-order valence-corrected chi connectivity index (χ1v) is 5.45. The Labute approximate surface area is 114 Å². The maximum atomic E-state index is 12.6. The summed E-state index contributed by atoms with van der Waals surface area (Å²) in [5, 5.41) is 13.1. The van der Waals surface area contributed by atoms with Crippen molar-refractivity contribution >= 4 is 17.2 Å². The van der Waals surface area contributed by atoms with Crippen molar-refractivity contribution in [2.45, 2.75) is 6.18 Å². The van der Waals surface area contributed by atoms with Crippen molar-refractivity contribution in [3.63, 3.8) is 0 Å². The second-order valence-corrected chi connectivity index (χ2v) is 3.89. The SMILES string of the molecule is O=c1[nH]cnc(Nc2cccc(C(F)(F)F)c2)c1[N+](=O)[O-]. The number of hydrogen-bond donors (Lipinski definition) is 2. The number of anilines is 2. The third-order valence-corrected chi connectivity index (χ3v) is 2.46. The molecule has 0 atom stereocenters. The van der Waals surface area contributed by atoms with Crippen LogP contribution in [0.1, 0.15) is 5.56 Å². The maximum Gasteiger partial charge on any atom is 0.416 e. The van der Waals surface area contributed by atoms with E-state index in [0.717, 1.165) is 24.5 Å². The van der Waals surface area contributed by atoms with Crippen LogP contribution >= 0.6 is 0 Å². The van der Waals surface area contributed by atoms with Crippen LogP contribution in [0.5, 0.6) is 0 Å². The lowest BCUT2D eigenvalue weighted by molar-refractivity contribution is -0.385. The Bertz CT molecular complexity index is 742. The fourth-order valence-corrected chi connectivity index (χ4v) is 1.56. The van der Waals surface area contributed by atoms with Crippen molar-refractivity contribution in [3.05, 3.63) is 56.6 Å². The standard InChI is InChI=1S/C11H7F3N4O3/c12-11(13,14)6-2-1-3-7(4-6)17-9-8(18(20)21)10(19)16-5-15-9/h1-5H,(H2,15,16,17,19). The minimum atomic E-state index is -4.55. The van der Waals surface area contributed by atoms with Gasteiger partial charge in [0.2, 0.25) is 5.82 Å². The monoisotopic (exact) mass is 300 g/mol. The number of rotatable bonds is 3. The molecule has 1 aromatic carbocycles. The van der Waals surface area contributed by atoms with E-state index in [4.69, 9.17) is 0 Å². The Balaban J connectivity index is 2.42. The highest BCUT2D eigenvalue weighted by Crippen LogP contribution is 2.31. The third-order valence-electron chi connectivity index (χ3n) is 2.46. The highest BCUT2D eigenvalue weighted by molar-refractivity contribution is 5.64. The predicted octanol–water partition coefficient (Wildman–Crippen LogP) is 2.44. The fourth-order valence-electron chi connectivity index (χ4n) is 1.56. The van der Waals surface area contributed by atoms with Crippen LogP contribution in [0.3, 0.4) is 0 Å². The van der Waals surface area contributed by atoms with Gasteiger partial charge in [0.05, 0.1) is 16.8 Å². The molecule has 2 N–H and O–H groups in total. The van der Waals surface area contributed by atoms with Gasteiger partial charge in [0, 0.05) is 5.69 Å². The lowest BCUT2D eigenvalue weighted by atomic mass is 10.2. The molecule has 0 saturated heterocycles. The summed E-state index contributed by atoms with van der Waals surface area (Å²) in [5.41, 5.74) is -2.90. The molecular weight excluding hydrogens is 293 g/mol. The minimum absolute atomic E-state index is 0.0778. The molecule has 0 fully saturated rings. The molecule has 2 aromatic rings. The van der Waals surface area contributed by atoms with Gasteiger partial charge in [-0.25, -0.2) is 4.98 Å². The quantitative estimate of drug-likeness (QED) is 0.669. The van der Waals surface area contributed by atoms with Gasteiger partial charge in [0.25, 0.3) is 0 Å². The summed E-state index contributed by atoms with van der Waals surface area (Å²) >= 11 is 0. The molecule has 0 amide bonds. The van der Waals surface area contributed by atoms with Gasteiger partial charge in [-0.1, -0.05) is 6.07 Å². The maximum absolute atomic E-state index is 12.6. The van der Waals surface area contributed by atoms with Crippen LogP contribution in [0.4, 0.5) is 30.4 Å². The molecule has 10 heteroatoms. The van der Waals surface area contributed by atoms with Gasteiger partial charge >= 0.3 is 17.4 Å². The van der Waals surface area contributed by atoms with Crippen molar-refractivity contribution in [2.75, 3.05) is 5.32 Å². The third kappa shape index (κ3) is 3.16. The largest absolute Gasteiger partial charge is 0.416 e. The van der Waals surface area contributed by atoms with Crippen molar-refractivity contribution in [3.8, 4) is 0 Å². The van der Waals surface area contributed by atoms with E-state index in [1.54, 1.807) is 0 Å². The van der Waals surface area contributed by atoms with Crippen LogP contribution in [-0.2, 0) is 6.18 Å². The molecule has 0 aliphatic heterocycles. The first kappa shape index (κ1) is 14.5. The molecule has 0 aliphatic carbocycles. The Kier molecular flexibility index (Phi) is 3.61. The van der Waals surface area contributed by atoms with Gasteiger partial charge in [-0.2, -0.15) is 13.2 Å². The molecule has 0 spiro atoms. The highest BCUT2D eigenvalue weighted by atomic mass is 19.4. The van der Waals surface area contributed by atoms with Gasteiger partial charge in [-0.15, -0.1) is 0 Å². The number of hydrogen-bond acceptors (Lipinski definition) is 5. The average molecular weight is 300 g/mol. The number of aromatic nitrogens is 2. The van der Waals surface area contributed by atoms with E-state index in [1.165, 1.54) is 6.07 Å². The second kappa shape index (κ2) is 5.23. The normalized spacial score (nSPS) is 11.2. The molecule has 0 unspecified atom stereocenters. The number of nitrogens with zero attached hydrogens (tertiary/aromatic N) is 2. The Morgan fingerprint density at radius 2 is 2.05 bits per heavy atom. The second-order valence-electron chi connectivity index (χ2n) is 3.89. The first-order valence-electron chi connectivity index (χ1n) is 5.45. The number of benzene rings is 1. The zero-order chi connectivity index (χ0) is 15.6. The van der Waals surface area contributed by atoms with E-state index >= 15 is 0 Å². The van der Waals surface area contributed by atoms with Gasteiger partial charge in [0.15, 0.2) is 0 Å². The summed E-state index contributed by atoms with van der Waals surface area (Å²) in [6, 6.07) is 4.00. The summed E-state index contributed by atoms with van der Waals surface area (Å²) in [4.78, 5) is 26.7. The number of nitro groups is 1. The number of aromatic amines is 1. The highest BCUT2D eigenvalue weighted by Gasteiger charge is 2.30. The zero-order valence-corrected chi connectivity index (χ0v) is 10.1. The smallest absolute Gasteiger partial charge is 0.334 e. The number of nitrogens with one attached hydrogen (secondary N) is 2. The van der Waals surface area contributed by atoms with Crippen molar-refractivity contribution in [2.24, 2.45) is 0 Å². The molecule has 0 aliphatic rings. The van der Waals surface area contributed by atoms with Crippen molar-refractivity contribution < 1.29 is 18.1 Å². The zero-order valence-electron chi connectivity index (χ0n) is 10.1. The summed E-state index contributed by atoms with van der Waals surface area (Å²) in [7, 11) is 0. The van der Waals surface area contributed by atoms with E-state index in [2.05, 4.69) is 10.3 Å². The summed E-state index contributed by atoms with van der Waals surface area (Å²) in [6.07, 6.45) is -3.64. The van der Waals surface area contributed by atoms with Crippen LogP contribution in [0.25, 0.3) is 0 Å². The van der Waals surface area contributed by atoms with Gasteiger partial charge in [-0.05, 0) is 18.2 Å². The van der Waals surface area contributed by atoms with Crippen molar-refractivity contribution in [1.29, 1.82) is 0 Å². The van der Waals surface area contributed by atoms with Crippen LogP contribution in [-0.4, -0.2) is 14.9 Å². The first-order chi connectivity index (χ1) is 9.79. The molecule has 0 radical (unpaired) electrons. The average Bonchev–Trinajstić information content (AvgIpc) is 2.37. The number of halogens is 3. The molecule has 21 heavy (non-hydrogen) atoms. The number of H-pyrrole nitrogens is 1. The van der Waals surface area contributed by atoms with E-state index in [0.29, 0.717) is 0 Å². The van der Waals surface area contributed by atoms with Gasteiger partial charge < -0.3 is 10.3 Å². The van der Waals surface area contributed by atoms with Crippen LogP contribution < -0.4 is 10.9 Å². The minimum Gasteiger partial charge on any atom is -0.334 e. The van der Waals surface area contributed by atoms with E-state index in [9.17, 15) is 28.1 Å². The summed E-state index contributed by atoms with van der Waals surface area (Å²) in [6.45, 7) is 0. The molecule has 1 heterocycles. The van der Waals surface area contributed by atoms with Gasteiger partial charge in [-0.3, -0.25) is 14.9 Å². The number of alkyl halides is 3. The topological polar surface area (TPSA) is 101 Å². The Morgan fingerprint density at radius 1 is 1.33 bits per heavy atom. The molecule has 0 bridgehead atoms. The van der Waals surface area contributed by atoms with E-state index < -0.39 is 33.7 Å². The van der Waals surface area contributed by atoms with Crippen molar-refractivity contribution in [1.82, 2.24) is 9.97 Å². The molecule has 0 saturated carbocycles. The summed E-state index contributed by atoms with van der Waals surface area (Å²) in [5.74, 6) is -0.442. The van der Waals surface area contributed by atoms with Gasteiger partial charge in [0.1, 0.15) is 0 Å². The van der Waals surface area contributed by atoms with Crippen LogP contribution in [0, 0.1) is 10.1 Å². The van der Waals surface area contributed by atoms with Crippen LogP contribution in [0.2, 0.25) is 0 Å². The lowest BCUT2D eigenvalue weighted by Gasteiger charge is -2.09. The Morgan fingerprint density at radius 3 is 2.67 bits per heavy atom. The van der Waals surface area contributed by atoms with E-state index in [-0.39, 0.29) is 5.69 Å². The molecule has 2 rings (SSSR count). The summed E-state index contributed by atoms with van der Waals surface area (Å²) < 4.78 is 37.7. The Hall–Kier alpha value is -2.91. The molecular formula is C11H7F3N4O3.